The molecule has 1 saturated heterocycles. The Morgan fingerprint density at radius 1 is 1.14 bits per heavy atom. The molecule has 49 heavy (non-hydrogen) atoms. The van der Waals surface area contributed by atoms with E-state index in [1.807, 2.05) is 48.5 Å². The Hall–Kier alpha value is -3.68. The number of hydrogen-bond donors (Lipinski definition) is 3. The molecule has 2 aliphatic carbocycles. The molecule has 3 amide bonds. The molecule has 3 aromatic rings. The number of nitrogens with one attached hydrogen (secondary N) is 2. The number of sulfonamides is 1. The van der Waals surface area contributed by atoms with E-state index in [-0.39, 0.29) is 30.7 Å². The van der Waals surface area contributed by atoms with Crippen LogP contribution in [0.2, 0.25) is 5.02 Å². The fourth-order valence-electron chi connectivity index (χ4n) is 6.22. The van der Waals surface area contributed by atoms with Crippen molar-refractivity contribution in [2.45, 2.75) is 87.6 Å². The van der Waals surface area contributed by atoms with Crippen molar-refractivity contribution < 1.29 is 27.5 Å². The molecule has 262 valence electrons. The summed E-state index contributed by atoms with van der Waals surface area (Å²) >= 11 is 7.48. The van der Waals surface area contributed by atoms with Gasteiger partial charge in [-0.3, -0.25) is 19.1 Å². The summed E-state index contributed by atoms with van der Waals surface area (Å²) in [6.45, 7) is 1.88. The molecule has 0 radical (unpaired) electrons. The Kier molecular flexibility index (Phi) is 10.5. The second kappa shape index (κ2) is 14.7. The number of primary amides is 1. The summed E-state index contributed by atoms with van der Waals surface area (Å²) in [7, 11) is -3.61. The topological polar surface area (TPSA) is 161 Å². The third kappa shape index (κ3) is 8.56. The van der Waals surface area contributed by atoms with Crippen LogP contribution in [0.3, 0.4) is 0 Å². The minimum atomic E-state index is -3.61. The molecule has 0 bridgehead atoms. The molecule has 1 aromatic heterocycles. The van der Waals surface area contributed by atoms with Gasteiger partial charge in [0.05, 0.1) is 21.5 Å². The molecule has 2 unspecified atom stereocenters. The Morgan fingerprint density at radius 3 is 2.65 bits per heavy atom. The Balaban J connectivity index is 1.000. The van der Waals surface area contributed by atoms with E-state index in [0.29, 0.717) is 35.9 Å². The van der Waals surface area contributed by atoms with E-state index in [1.54, 1.807) is 17.9 Å². The lowest BCUT2D eigenvalue weighted by atomic mass is 10.0. The smallest absolute Gasteiger partial charge is 0.274 e. The minimum absolute atomic E-state index is 0.0684. The summed E-state index contributed by atoms with van der Waals surface area (Å²) in [5.41, 5.74) is 7.36. The number of benzene rings is 2. The van der Waals surface area contributed by atoms with E-state index in [4.69, 9.17) is 22.1 Å². The number of ether oxygens (including phenoxy) is 1. The number of nitrogens with zero attached hydrogens (tertiary/aromatic N) is 2. The zero-order chi connectivity index (χ0) is 34.8. The van der Waals surface area contributed by atoms with E-state index < -0.39 is 44.8 Å². The van der Waals surface area contributed by atoms with Gasteiger partial charge in [-0.2, -0.15) is 0 Å². The SMILES string of the molecule is CC1(S(=O)(=O)NC(=O)[C@H]2C[C@H]2/C=C\CCCCCC(Nc2ccccc2)C(=O)N2CC(Oc3nc4ccc(Cl)cc4s3)C[C@H]2C(N)=O)CC1. The number of anilines is 1. The maximum absolute atomic E-state index is 14.0. The molecule has 2 aromatic carbocycles. The summed E-state index contributed by atoms with van der Waals surface area (Å²) in [5, 5.41) is 4.43. The van der Waals surface area contributed by atoms with Crippen LogP contribution in [0.25, 0.3) is 10.2 Å². The van der Waals surface area contributed by atoms with Crippen LogP contribution < -0.4 is 20.5 Å². The number of unbranched alkanes of at least 4 members (excludes halogenated alkanes) is 3. The first-order valence-corrected chi connectivity index (χ1v) is 19.5. The van der Waals surface area contributed by atoms with Crippen LogP contribution in [0.15, 0.2) is 60.7 Å². The van der Waals surface area contributed by atoms with Gasteiger partial charge in [0.25, 0.3) is 5.19 Å². The third-order valence-corrected chi connectivity index (χ3v) is 13.0. The first kappa shape index (κ1) is 35.2. The number of hydrogen-bond acceptors (Lipinski definition) is 9. The van der Waals surface area contributed by atoms with Crippen molar-refractivity contribution in [2.75, 3.05) is 11.9 Å². The van der Waals surface area contributed by atoms with Gasteiger partial charge in [0.15, 0.2) is 0 Å². The number of nitrogens with two attached hydrogens (primary N) is 1. The molecule has 3 aliphatic rings. The predicted octanol–water partition coefficient (Wildman–Crippen LogP) is 5.41. The first-order valence-electron chi connectivity index (χ1n) is 16.8. The zero-order valence-electron chi connectivity index (χ0n) is 27.3. The van der Waals surface area contributed by atoms with Crippen molar-refractivity contribution in [2.24, 2.45) is 17.6 Å². The van der Waals surface area contributed by atoms with Gasteiger partial charge in [-0.25, -0.2) is 13.4 Å². The molecular formula is C35H42ClN5O6S2. The molecular weight excluding hydrogens is 686 g/mol. The number of carbonyl (C=O) groups excluding carboxylic acids is 3. The van der Waals surface area contributed by atoms with E-state index in [0.717, 1.165) is 41.6 Å². The average molecular weight is 728 g/mol. The largest absolute Gasteiger partial charge is 0.465 e. The number of amides is 3. The van der Waals surface area contributed by atoms with Gasteiger partial charge < -0.3 is 20.7 Å². The van der Waals surface area contributed by atoms with Crippen LogP contribution in [0.5, 0.6) is 5.19 Å². The monoisotopic (exact) mass is 727 g/mol. The molecule has 5 atom stereocenters. The molecule has 14 heteroatoms. The van der Waals surface area contributed by atoms with E-state index in [2.05, 4.69) is 21.1 Å². The molecule has 1 aliphatic heterocycles. The van der Waals surface area contributed by atoms with Gasteiger partial charge in [-0.05, 0) is 81.7 Å². The van der Waals surface area contributed by atoms with Gasteiger partial charge >= 0.3 is 0 Å². The zero-order valence-corrected chi connectivity index (χ0v) is 29.7. The van der Waals surface area contributed by atoms with Crippen molar-refractivity contribution in [3.63, 3.8) is 0 Å². The van der Waals surface area contributed by atoms with Crippen LogP contribution in [-0.4, -0.2) is 65.5 Å². The number of para-hydroxylation sites is 1. The Labute approximate surface area is 295 Å². The fourth-order valence-corrected chi connectivity index (χ4v) is 8.68. The molecule has 11 nitrogen and oxygen atoms in total. The standard InChI is InChI=1S/C35H42ClN5O6S2/c1-35(16-17-35)49(45,46)40-32(43)26-18-22(26)10-6-3-2-4-9-13-28(38-24-11-7-5-8-12-24)33(44)41-21-25(20-29(41)31(37)42)47-34-39-27-15-14-23(36)19-30(27)48-34/h5-8,10-12,14-15,19,22,25-26,28-29,38H,2-4,9,13,16-18,20-21H2,1H3,(H2,37,42)(H,40,43)/b10-6-/t22-,25?,26+,28?,29+/m1/s1. The summed E-state index contributed by atoms with van der Waals surface area (Å²) < 4.78 is 33.2. The Bertz CT molecular complexity index is 1830. The van der Waals surface area contributed by atoms with Crippen LogP contribution in [-0.2, 0) is 24.4 Å². The number of likely N-dealkylation sites (tertiary alicyclic amines) is 1. The van der Waals surface area contributed by atoms with Gasteiger partial charge in [-0.15, -0.1) is 0 Å². The average Bonchev–Trinajstić information content (AvgIpc) is 3.93. The van der Waals surface area contributed by atoms with Crippen LogP contribution in [0, 0.1) is 11.8 Å². The van der Waals surface area contributed by atoms with Gasteiger partial charge in [0, 0.05) is 23.0 Å². The van der Waals surface area contributed by atoms with Crippen LogP contribution >= 0.6 is 22.9 Å². The highest BCUT2D eigenvalue weighted by Gasteiger charge is 2.52. The van der Waals surface area contributed by atoms with Gasteiger partial charge in [-0.1, -0.05) is 66.1 Å². The Morgan fingerprint density at radius 2 is 1.92 bits per heavy atom. The first-order chi connectivity index (χ1) is 23.4. The maximum Gasteiger partial charge on any atom is 0.274 e. The molecule has 2 heterocycles. The lowest BCUT2D eigenvalue weighted by Gasteiger charge is -2.28. The number of carbonyl (C=O) groups is 3. The molecule has 3 fully saturated rings. The fraction of sp³-hybridized carbons (Fsp3) is 0.486. The minimum Gasteiger partial charge on any atom is -0.465 e. The molecule has 6 rings (SSSR count). The highest BCUT2D eigenvalue weighted by Crippen LogP contribution is 2.44. The normalized spacial score (nSPS) is 23.3. The number of thiazole rings is 1. The number of allylic oxidation sites excluding steroid dienone is 2. The second-order valence-electron chi connectivity index (χ2n) is 13.5. The summed E-state index contributed by atoms with van der Waals surface area (Å²) in [5.74, 6) is -1.40. The lowest BCUT2D eigenvalue weighted by Crippen LogP contribution is -2.49. The third-order valence-electron chi connectivity index (χ3n) is 9.65. The summed E-state index contributed by atoms with van der Waals surface area (Å²) in [6, 6.07) is 13.6. The predicted molar refractivity (Wildman–Crippen MR) is 191 cm³/mol. The summed E-state index contributed by atoms with van der Waals surface area (Å²) in [6.07, 6.45) is 9.67. The summed E-state index contributed by atoms with van der Waals surface area (Å²) in [4.78, 5) is 45.0. The van der Waals surface area contributed by atoms with Crippen molar-refractivity contribution in [1.29, 1.82) is 0 Å². The number of aromatic nitrogens is 1. The highest BCUT2D eigenvalue weighted by molar-refractivity contribution is 7.91. The number of halogens is 1. The van der Waals surface area contributed by atoms with E-state index >= 15 is 0 Å². The number of fused-ring (bicyclic) bond motifs is 1. The quantitative estimate of drug-likeness (QED) is 0.131. The van der Waals surface area contributed by atoms with Gasteiger partial charge in [0.2, 0.25) is 27.7 Å². The lowest BCUT2D eigenvalue weighted by molar-refractivity contribution is -0.138. The van der Waals surface area contributed by atoms with Crippen molar-refractivity contribution in [1.82, 2.24) is 14.6 Å². The maximum atomic E-state index is 14.0. The van der Waals surface area contributed by atoms with E-state index in [1.165, 1.54) is 11.3 Å². The molecule has 0 spiro atoms. The highest BCUT2D eigenvalue weighted by atomic mass is 35.5. The van der Waals surface area contributed by atoms with Crippen molar-refractivity contribution in [3.8, 4) is 5.19 Å². The second-order valence-corrected chi connectivity index (χ2v) is 17.2. The van der Waals surface area contributed by atoms with E-state index in [9.17, 15) is 22.8 Å². The van der Waals surface area contributed by atoms with Gasteiger partial charge in [0.1, 0.15) is 18.2 Å². The molecule has 2 saturated carbocycles. The van der Waals surface area contributed by atoms with Crippen molar-refractivity contribution in [3.05, 3.63) is 65.7 Å². The van der Waals surface area contributed by atoms with Crippen molar-refractivity contribution >= 4 is 66.6 Å². The van der Waals surface area contributed by atoms with Crippen LogP contribution in [0.1, 0.15) is 64.7 Å². The molecule has 4 N–H and O–H groups in total. The van der Waals surface area contributed by atoms with Crippen LogP contribution in [0.4, 0.5) is 5.69 Å². The number of rotatable bonds is 16.